The van der Waals surface area contributed by atoms with Gasteiger partial charge in [-0.3, -0.25) is 9.59 Å². The minimum absolute atomic E-state index is 0.146. The predicted octanol–water partition coefficient (Wildman–Crippen LogP) is 3.97. The molecule has 0 fully saturated rings. The summed E-state index contributed by atoms with van der Waals surface area (Å²) < 4.78 is 16.1. The third-order valence-electron chi connectivity index (χ3n) is 6.61. The average molecular weight is 535 g/mol. The van der Waals surface area contributed by atoms with Crippen LogP contribution in [-0.2, 0) is 17.8 Å². The molecule has 2 heterocycles. The minimum Gasteiger partial charge on any atom is -0.493 e. The smallest absolute Gasteiger partial charge is 0.319 e. The maximum Gasteiger partial charge on any atom is 0.319 e. The first-order valence-electron chi connectivity index (χ1n) is 12.9. The van der Waals surface area contributed by atoms with Gasteiger partial charge >= 0.3 is 6.03 Å². The van der Waals surface area contributed by atoms with E-state index in [0.717, 1.165) is 11.1 Å². The van der Waals surface area contributed by atoms with Gasteiger partial charge in [-0.25, -0.2) is 4.79 Å². The van der Waals surface area contributed by atoms with Crippen molar-refractivity contribution in [3.63, 3.8) is 0 Å². The molecule has 4 rings (SSSR count). The number of amides is 4. The predicted molar refractivity (Wildman–Crippen MR) is 146 cm³/mol. The number of furan rings is 1. The molecule has 0 radical (unpaired) electrons. The second-order valence-electron chi connectivity index (χ2n) is 9.23. The molecule has 39 heavy (non-hydrogen) atoms. The zero-order chi connectivity index (χ0) is 27.6. The number of benzene rings is 2. The Balaban J connectivity index is 1.35. The van der Waals surface area contributed by atoms with E-state index in [1.807, 2.05) is 42.5 Å². The highest BCUT2D eigenvalue weighted by molar-refractivity contribution is 5.95. The van der Waals surface area contributed by atoms with E-state index < -0.39 is 11.9 Å². The zero-order valence-corrected chi connectivity index (χ0v) is 22.2. The molecule has 1 aliphatic rings. The van der Waals surface area contributed by atoms with E-state index in [2.05, 4.69) is 16.0 Å². The summed E-state index contributed by atoms with van der Waals surface area (Å²) >= 11 is 0. The summed E-state index contributed by atoms with van der Waals surface area (Å²) in [5.74, 6) is 0.809. The Morgan fingerprint density at radius 3 is 2.41 bits per heavy atom. The van der Waals surface area contributed by atoms with E-state index in [0.29, 0.717) is 62.5 Å². The van der Waals surface area contributed by atoms with Crippen molar-refractivity contribution < 1.29 is 28.3 Å². The molecule has 1 unspecified atom stereocenters. The summed E-state index contributed by atoms with van der Waals surface area (Å²) in [6.45, 7) is 1.36. The number of rotatable bonds is 11. The Kier molecular flexibility index (Phi) is 9.44. The molecule has 1 aromatic heterocycles. The van der Waals surface area contributed by atoms with Crippen LogP contribution in [0, 0.1) is 0 Å². The van der Waals surface area contributed by atoms with Crippen LogP contribution in [0.3, 0.4) is 0 Å². The van der Waals surface area contributed by atoms with Gasteiger partial charge in [0.15, 0.2) is 17.3 Å². The number of ether oxygens (including phenoxy) is 2. The molecular formula is C29H34N4O6. The highest BCUT2D eigenvalue weighted by atomic mass is 16.5. The number of nitrogens with one attached hydrogen (secondary N) is 3. The quantitative estimate of drug-likeness (QED) is 0.320. The Hall–Kier alpha value is -4.47. The summed E-state index contributed by atoms with van der Waals surface area (Å²) in [7, 11) is 3.18. The first kappa shape index (κ1) is 27.6. The zero-order valence-electron chi connectivity index (χ0n) is 22.2. The van der Waals surface area contributed by atoms with E-state index in [-0.39, 0.29) is 17.7 Å². The molecule has 0 saturated heterocycles. The number of nitrogens with zero attached hydrogens (tertiary/aromatic N) is 1. The molecule has 206 valence electrons. The fraction of sp³-hybridized carbons (Fsp3) is 0.345. The van der Waals surface area contributed by atoms with Crippen LogP contribution in [0.4, 0.5) is 10.5 Å². The van der Waals surface area contributed by atoms with Crippen LogP contribution >= 0.6 is 0 Å². The van der Waals surface area contributed by atoms with Gasteiger partial charge in [-0.2, -0.15) is 0 Å². The van der Waals surface area contributed by atoms with Gasteiger partial charge in [-0.15, -0.1) is 0 Å². The lowest BCUT2D eigenvalue weighted by Crippen LogP contribution is -2.49. The van der Waals surface area contributed by atoms with Crippen LogP contribution in [0.1, 0.15) is 40.9 Å². The van der Waals surface area contributed by atoms with E-state index >= 15 is 0 Å². The number of fused-ring (bicyclic) bond motifs is 1. The number of hydrogen-bond acceptors (Lipinski definition) is 6. The number of methoxy groups -OCH3 is 2. The fourth-order valence-corrected chi connectivity index (χ4v) is 4.56. The molecule has 0 saturated carbocycles. The molecule has 3 N–H and O–H groups in total. The fourth-order valence-electron chi connectivity index (χ4n) is 4.56. The first-order valence-corrected chi connectivity index (χ1v) is 12.9. The second-order valence-corrected chi connectivity index (χ2v) is 9.23. The van der Waals surface area contributed by atoms with Gasteiger partial charge in [0.1, 0.15) is 6.04 Å². The van der Waals surface area contributed by atoms with Gasteiger partial charge in [0.05, 0.1) is 20.5 Å². The maximum atomic E-state index is 13.6. The summed E-state index contributed by atoms with van der Waals surface area (Å²) in [5, 5.41) is 8.44. The summed E-state index contributed by atoms with van der Waals surface area (Å²) in [6, 6.07) is 15.2. The van der Waals surface area contributed by atoms with E-state index in [1.165, 1.54) is 6.26 Å². The van der Waals surface area contributed by atoms with Gasteiger partial charge in [0.2, 0.25) is 5.91 Å². The van der Waals surface area contributed by atoms with Crippen LogP contribution < -0.4 is 25.4 Å². The molecule has 2 aromatic carbocycles. The van der Waals surface area contributed by atoms with Crippen LogP contribution in [0.2, 0.25) is 0 Å². The van der Waals surface area contributed by atoms with Crippen molar-refractivity contribution in [2.75, 3.05) is 32.6 Å². The normalized spacial score (nSPS) is 13.1. The highest BCUT2D eigenvalue weighted by Gasteiger charge is 2.30. The van der Waals surface area contributed by atoms with Gasteiger partial charge in [-0.05, 0) is 73.2 Å². The third-order valence-corrected chi connectivity index (χ3v) is 6.61. The van der Waals surface area contributed by atoms with Crippen LogP contribution in [0.15, 0.2) is 65.3 Å². The van der Waals surface area contributed by atoms with E-state index in [1.54, 1.807) is 31.3 Å². The Morgan fingerprint density at radius 2 is 1.72 bits per heavy atom. The largest absolute Gasteiger partial charge is 0.493 e. The van der Waals surface area contributed by atoms with Crippen LogP contribution in [0.5, 0.6) is 11.5 Å². The minimum atomic E-state index is -0.734. The van der Waals surface area contributed by atoms with Crippen molar-refractivity contribution in [2.45, 2.75) is 38.3 Å². The molecule has 0 aliphatic carbocycles. The number of urea groups is 1. The average Bonchev–Trinajstić information content (AvgIpc) is 3.51. The van der Waals surface area contributed by atoms with Crippen molar-refractivity contribution in [2.24, 2.45) is 0 Å². The number of para-hydroxylation sites is 1. The Morgan fingerprint density at radius 1 is 0.974 bits per heavy atom. The molecule has 4 amide bonds. The first-order chi connectivity index (χ1) is 19.0. The number of carbonyl (C=O) groups excluding carboxylic acids is 3. The van der Waals surface area contributed by atoms with Gasteiger partial charge in [0, 0.05) is 25.3 Å². The maximum absolute atomic E-state index is 13.6. The molecule has 0 spiro atoms. The summed E-state index contributed by atoms with van der Waals surface area (Å²) in [5.41, 5.74) is 2.80. The van der Waals surface area contributed by atoms with Crippen molar-refractivity contribution in [1.82, 2.24) is 15.5 Å². The van der Waals surface area contributed by atoms with Gasteiger partial charge < -0.3 is 34.7 Å². The third kappa shape index (κ3) is 7.31. The van der Waals surface area contributed by atoms with Gasteiger partial charge in [-0.1, -0.05) is 18.2 Å². The van der Waals surface area contributed by atoms with Crippen molar-refractivity contribution in [3.8, 4) is 11.5 Å². The van der Waals surface area contributed by atoms with E-state index in [4.69, 9.17) is 13.9 Å². The second kappa shape index (κ2) is 13.4. The standard InChI is InChI=1S/C29H34N4O6/c1-37-25-17-20-13-15-33(19-21(20)18-26(25)38-2)28(35)23(32-27(34)24-12-8-16-39-24)11-6-7-14-30-29(36)31-22-9-4-3-5-10-22/h3-5,8-10,12,16-18,23H,6-7,11,13-15,19H2,1-2H3,(H,32,34)(H2,30,31,36). The van der Waals surface area contributed by atoms with Crippen molar-refractivity contribution >= 4 is 23.5 Å². The number of carbonyl (C=O) groups is 3. The molecular weight excluding hydrogens is 500 g/mol. The number of hydrogen-bond donors (Lipinski definition) is 3. The van der Waals surface area contributed by atoms with Gasteiger partial charge in [0.25, 0.3) is 5.91 Å². The lowest BCUT2D eigenvalue weighted by molar-refractivity contribution is -0.134. The lowest BCUT2D eigenvalue weighted by atomic mass is 9.97. The van der Waals surface area contributed by atoms with Crippen molar-refractivity contribution in [3.05, 3.63) is 77.7 Å². The highest BCUT2D eigenvalue weighted by Crippen LogP contribution is 2.33. The molecule has 10 nitrogen and oxygen atoms in total. The monoisotopic (exact) mass is 534 g/mol. The number of unbranched alkanes of at least 4 members (excludes halogenated alkanes) is 1. The van der Waals surface area contributed by atoms with E-state index in [9.17, 15) is 14.4 Å². The molecule has 3 aromatic rings. The topological polar surface area (TPSA) is 122 Å². The molecule has 10 heteroatoms. The molecule has 1 aliphatic heterocycles. The number of anilines is 1. The van der Waals surface area contributed by atoms with Crippen molar-refractivity contribution in [1.29, 1.82) is 0 Å². The Bertz CT molecular complexity index is 1260. The lowest BCUT2D eigenvalue weighted by Gasteiger charge is -2.32. The van der Waals surface area contributed by atoms with Crippen LogP contribution in [0.25, 0.3) is 0 Å². The SMILES string of the molecule is COc1cc2c(cc1OC)CN(C(=O)C(CCCCNC(=O)Nc1ccccc1)NC(=O)c1ccco1)CC2. The molecule has 1 atom stereocenters. The summed E-state index contributed by atoms with van der Waals surface area (Å²) in [4.78, 5) is 40.2. The van der Waals surface area contributed by atoms with Crippen LogP contribution in [-0.4, -0.2) is 56.1 Å². The molecule has 0 bridgehead atoms. The Labute approximate surface area is 227 Å². The summed E-state index contributed by atoms with van der Waals surface area (Å²) in [6.07, 6.45) is 3.77.